The largest absolute Gasteiger partial charge is 0.383 e. The normalized spacial score (nSPS) is 10.4. The van der Waals surface area contributed by atoms with Crippen molar-refractivity contribution in [3.8, 4) is 0 Å². The van der Waals surface area contributed by atoms with Gasteiger partial charge in [-0.25, -0.2) is 4.79 Å². The molecular weight excluding hydrogens is 268 g/mol. The number of hydrogen-bond donors (Lipinski definition) is 1. The number of ether oxygens (including phenoxy) is 2. The van der Waals surface area contributed by atoms with Crippen molar-refractivity contribution in [1.82, 2.24) is 10.2 Å². The Kier molecular flexibility index (Phi) is 8.47. The molecule has 0 saturated heterocycles. The monoisotopic (exact) mass is 294 g/mol. The molecule has 1 N–H and O–H groups in total. The topological polar surface area (TPSA) is 50.8 Å². The molecule has 21 heavy (non-hydrogen) atoms. The van der Waals surface area contributed by atoms with E-state index < -0.39 is 0 Å². The molecule has 0 unspecified atom stereocenters. The second-order valence-corrected chi connectivity index (χ2v) is 4.88. The summed E-state index contributed by atoms with van der Waals surface area (Å²) in [4.78, 5) is 13.8. The molecule has 1 aromatic rings. The van der Waals surface area contributed by atoms with Crippen molar-refractivity contribution in [2.24, 2.45) is 0 Å². The molecule has 0 radical (unpaired) electrons. The van der Waals surface area contributed by atoms with Crippen LogP contribution in [0.15, 0.2) is 24.3 Å². The van der Waals surface area contributed by atoms with Gasteiger partial charge in [-0.15, -0.1) is 0 Å². The molecule has 1 aromatic carbocycles. The lowest BCUT2D eigenvalue weighted by Gasteiger charge is -2.22. The van der Waals surface area contributed by atoms with Crippen molar-refractivity contribution in [3.05, 3.63) is 35.4 Å². The fourth-order valence-electron chi connectivity index (χ4n) is 2.02. The maximum Gasteiger partial charge on any atom is 0.317 e. The Morgan fingerprint density at radius 2 is 1.76 bits per heavy atom. The average Bonchev–Trinajstić information content (AvgIpc) is 2.49. The Morgan fingerprint density at radius 1 is 1.14 bits per heavy atom. The van der Waals surface area contributed by atoms with Crippen LogP contribution < -0.4 is 5.32 Å². The van der Waals surface area contributed by atoms with Crippen LogP contribution in [0.2, 0.25) is 0 Å². The van der Waals surface area contributed by atoms with Crippen LogP contribution in [0.25, 0.3) is 0 Å². The predicted octanol–water partition coefficient (Wildman–Crippen LogP) is 1.84. The summed E-state index contributed by atoms with van der Waals surface area (Å²) in [5, 5.41) is 2.95. The van der Waals surface area contributed by atoms with Gasteiger partial charge in [0.1, 0.15) is 0 Å². The Bertz CT molecular complexity index is 416. The van der Waals surface area contributed by atoms with Crippen molar-refractivity contribution in [2.75, 3.05) is 47.1 Å². The average molecular weight is 294 g/mol. The van der Waals surface area contributed by atoms with Crippen LogP contribution in [0.3, 0.4) is 0 Å². The minimum Gasteiger partial charge on any atom is -0.383 e. The van der Waals surface area contributed by atoms with Gasteiger partial charge in [0.05, 0.1) is 13.2 Å². The van der Waals surface area contributed by atoms with Crippen molar-refractivity contribution in [3.63, 3.8) is 0 Å². The van der Waals surface area contributed by atoms with Crippen LogP contribution in [0.1, 0.15) is 11.1 Å². The van der Waals surface area contributed by atoms with Crippen LogP contribution in [0.4, 0.5) is 4.79 Å². The summed E-state index contributed by atoms with van der Waals surface area (Å²) in [6, 6.07) is 8.15. The molecule has 0 aromatic heterocycles. The van der Waals surface area contributed by atoms with Gasteiger partial charge in [-0.3, -0.25) is 0 Å². The molecule has 2 amide bonds. The zero-order valence-corrected chi connectivity index (χ0v) is 13.2. The highest BCUT2D eigenvalue weighted by Gasteiger charge is 2.12. The SMILES string of the molecule is COCCN(CCOC)C(=O)NCCc1ccccc1C. The second kappa shape index (κ2) is 10.2. The summed E-state index contributed by atoms with van der Waals surface area (Å²) >= 11 is 0. The molecule has 0 aliphatic carbocycles. The third-order valence-electron chi connectivity index (χ3n) is 3.35. The molecule has 0 atom stereocenters. The number of methoxy groups -OCH3 is 2. The van der Waals surface area contributed by atoms with E-state index in [0.29, 0.717) is 32.8 Å². The number of rotatable bonds is 9. The number of aryl methyl sites for hydroxylation is 1. The number of benzene rings is 1. The van der Waals surface area contributed by atoms with Crippen molar-refractivity contribution in [1.29, 1.82) is 0 Å². The third kappa shape index (κ3) is 6.60. The first-order chi connectivity index (χ1) is 10.2. The van der Waals surface area contributed by atoms with Gasteiger partial charge in [0.15, 0.2) is 0 Å². The number of carbonyl (C=O) groups is 1. The van der Waals surface area contributed by atoms with E-state index in [2.05, 4.69) is 24.4 Å². The fraction of sp³-hybridized carbons (Fsp3) is 0.562. The maximum atomic E-state index is 12.1. The van der Waals surface area contributed by atoms with E-state index >= 15 is 0 Å². The highest BCUT2D eigenvalue weighted by molar-refractivity contribution is 5.74. The standard InChI is InChI=1S/C16H26N2O3/c1-14-6-4-5-7-15(14)8-9-17-16(19)18(10-12-20-2)11-13-21-3/h4-7H,8-13H2,1-3H3,(H,17,19). The van der Waals surface area contributed by atoms with Gasteiger partial charge in [-0.1, -0.05) is 24.3 Å². The summed E-state index contributed by atoms with van der Waals surface area (Å²) < 4.78 is 10.1. The molecule has 118 valence electrons. The summed E-state index contributed by atoms with van der Waals surface area (Å²) in [6.07, 6.45) is 0.834. The number of amides is 2. The van der Waals surface area contributed by atoms with Crippen LogP contribution in [-0.4, -0.2) is 58.0 Å². The van der Waals surface area contributed by atoms with E-state index in [0.717, 1.165) is 6.42 Å². The molecule has 0 aliphatic heterocycles. The van der Waals surface area contributed by atoms with Gasteiger partial charge in [-0.2, -0.15) is 0 Å². The van der Waals surface area contributed by atoms with Crippen LogP contribution in [-0.2, 0) is 15.9 Å². The van der Waals surface area contributed by atoms with E-state index in [4.69, 9.17) is 9.47 Å². The first-order valence-electron chi connectivity index (χ1n) is 7.24. The van der Waals surface area contributed by atoms with Crippen LogP contribution in [0, 0.1) is 6.92 Å². The van der Waals surface area contributed by atoms with Gasteiger partial charge >= 0.3 is 6.03 Å². The lowest BCUT2D eigenvalue weighted by atomic mass is 10.1. The minimum atomic E-state index is -0.0716. The minimum absolute atomic E-state index is 0.0716. The van der Waals surface area contributed by atoms with Crippen LogP contribution in [0.5, 0.6) is 0 Å². The predicted molar refractivity (Wildman–Crippen MR) is 83.6 cm³/mol. The number of hydrogen-bond acceptors (Lipinski definition) is 3. The number of nitrogens with one attached hydrogen (secondary N) is 1. The van der Waals surface area contributed by atoms with Crippen LogP contribution >= 0.6 is 0 Å². The molecular formula is C16H26N2O3. The lowest BCUT2D eigenvalue weighted by molar-refractivity contribution is 0.122. The van der Waals surface area contributed by atoms with Gasteiger partial charge in [0.2, 0.25) is 0 Å². The molecule has 5 heteroatoms. The summed E-state index contributed by atoms with van der Waals surface area (Å²) in [5.41, 5.74) is 2.51. The Labute approximate surface area is 127 Å². The van der Waals surface area contributed by atoms with Gasteiger partial charge in [0, 0.05) is 33.9 Å². The number of carbonyl (C=O) groups excluding carboxylic acids is 1. The maximum absolute atomic E-state index is 12.1. The van der Waals surface area contributed by atoms with Gasteiger partial charge in [-0.05, 0) is 24.5 Å². The highest BCUT2D eigenvalue weighted by atomic mass is 16.5. The second-order valence-electron chi connectivity index (χ2n) is 4.88. The summed E-state index contributed by atoms with van der Waals surface area (Å²) in [5.74, 6) is 0. The molecule has 0 heterocycles. The lowest BCUT2D eigenvalue weighted by Crippen LogP contribution is -2.43. The van der Waals surface area contributed by atoms with Gasteiger partial charge in [0.25, 0.3) is 0 Å². The molecule has 0 spiro atoms. The quantitative estimate of drug-likeness (QED) is 0.756. The molecule has 0 fully saturated rings. The Morgan fingerprint density at radius 3 is 2.33 bits per heavy atom. The fourth-order valence-corrected chi connectivity index (χ4v) is 2.02. The van der Waals surface area contributed by atoms with Crippen molar-refractivity contribution < 1.29 is 14.3 Å². The van der Waals surface area contributed by atoms with E-state index in [1.54, 1.807) is 19.1 Å². The zero-order chi connectivity index (χ0) is 15.5. The molecule has 0 bridgehead atoms. The van der Waals surface area contributed by atoms with Crippen molar-refractivity contribution in [2.45, 2.75) is 13.3 Å². The Balaban J connectivity index is 2.40. The first-order valence-corrected chi connectivity index (χ1v) is 7.24. The van der Waals surface area contributed by atoms with E-state index in [1.165, 1.54) is 11.1 Å². The molecule has 0 saturated carbocycles. The van der Waals surface area contributed by atoms with E-state index in [-0.39, 0.29) is 6.03 Å². The molecule has 0 aliphatic rings. The highest BCUT2D eigenvalue weighted by Crippen LogP contribution is 2.06. The molecule has 5 nitrogen and oxygen atoms in total. The summed E-state index contributed by atoms with van der Waals surface area (Å²) in [7, 11) is 3.26. The smallest absolute Gasteiger partial charge is 0.317 e. The zero-order valence-electron chi connectivity index (χ0n) is 13.2. The van der Waals surface area contributed by atoms with E-state index in [9.17, 15) is 4.79 Å². The van der Waals surface area contributed by atoms with E-state index in [1.807, 2.05) is 12.1 Å². The Hall–Kier alpha value is -1.59. The van der Waals surface area contributed by atoms with Crippen molar-refractivity contribution >= 4 is 6.03 Å². The first kappa shape index (κ1) is 17.5. The third-order valence-corrected chi connectivity index (χ3v) is 3.35. The number of urea groups is 1. The van der Waals surface area contributed by atoms with Gasteiger partial charge < -0.3 is 19.7 Å². The number of nitrogens with zero attached hydrogens (tertiary/aromatic N) is 1. The molecule has 1 rings (SSSR count). The summed E-state index contributed by atoms with van der Waals surface area (Å²) in [6.45, 7) is 4.89.